The molecule has 0 radical (unpaired) electrons. The minimum Gasteiger partial charge on any atom is -0.494 e. The zero-order valence-corrected chi connectivity index (χ0v) is 19.0. The van der Waals surface area contributed by atoms with Crippen molar-refractivity contribution in [2.45, 2.75) is 13.3 Å². The molecule has 3 aromatic carbocycles. The largest absolute Gasteiger partial charge is 0.494 e. The molecule has 4 rings (SSSR count). The second kappa shape index (κ2) is 9.61. The van der Waals surface area contributed by atoms with E-state index >= 15 is 0 Å². The summed E-state index contributed by atoms with van der Waals surface area (Å²) in [6.07, 6.45) is 0.898. The van der Waals surface area contributed by atoms with Crippen LogP contribution in [0.25, 0.3) is 5.57 Å². The molecule has 0 unspecified atom stereocenters. The first kappa shape index (κ1) is 22.1. The van der Waals surface area contributed by atoms with Gasteiger partial charge in [-0.15, -0.1) is 0 Å². The summed E-state index contributed by atoms with van der Waals surface area (Å²) < 4.78 is 5.72. The molecule has 0 bridgehead atoms. The SMILES string of the molecule is CCCOc1cccc(NC2=C(c3ccccc3)C(=O)N(c3cccc(N(C)C)c3)C2=O)c1. The summed E-state index contributed by atoms with van der Waals surface area (Å²) in [6.45, 7) is 2.65. The number of anilines is 3. The van der Waals surface area contributed by atoms with E-state index in [2.05, 4.69) is 5.32 Å². The summed E-state index contributed by atoms with van der Waals surface area (Å²) in [6, 6.07) is 24.0. The maximum absolute atomic E-state index is 13.6. The predicted octanol–water partition coefficient (Wildman–Crippen LogP) is 4.94. The van der Waals surface area contributed by atoms with Gasteiger partial charge in [-0.3, -0.25) is 9.59 Å². The Kier molecular flexibility index (Phi) is 6.45. The normalized spacial score (nSPS) is 13.5. The molecule has 0 saturated heterocycles. The number of ether oxygens (including phenoxy) is 1. The highest BCUT2D eigenvalue weighted by Crippen LogP contribution is 2.35. The van der Waals surface area contributed by atoms with Crippen molar-refractivity contribution in [3.8, 4) is 5.75 Å². The van der Waals surface area contributed by atoms with Crippen LogP contribution in [0.2, 0.25) is 0 Å². The van der Waals surface area contributed by atoms with Crippen LogP contribution in [0.15, 0.2) is 84.6 Å². The number of imide groups is 1. The molecule has 0 saturated carbocycles. The van der Waals surface area contributed by atoms with Gasteiger partial charge in [0.2, 0.25) is 0 Å². The Morgan fingerprint density at radius 2 is 1.64 bits per heavy atom. The number of nitrogens with one attached hydrogen (secondary N) is 1. The number of hydrogen-bond acceptors (Lipinski definition) is 5. The van der Waals surface area contributed by atoms with Crippen LogP contribution in [0.5, 0.6) is 5.75 Å². The fourth-order valence-electron chi connectivity index (χ4n) is 3.69. The summed E-state index contributed by atoms with van der Waals surface area (Å²) in [5.74, 6) is -0.0475. The summed E-state index contributed by atoms with van der Waals surface area (Å²) >= 11 is 0. The smallest absolute Gasteiger partial charge is 0.282 e. The van der Waals surface area contributed by atoms with Gasteiger partial charge in [-0.25, -0.2) is 4.90 Å². The topological polar surface area (TPSA) is 61.9 Å². The van der Waals surface area contributed by atoms with E-state index in [1.807, 2.05) is 98.7 Å². The molecule has 2 amide bonds. The zero-order chi connectivity index (χ0) is 23.4. The molecule has 1 aliphatic rings. The van der Waals surface area contributed by atoms with Crippen molar-refractivity contribution in [3.05, 3.63) is 90.1 Å². The fraction of sp³-hybridized carbons (Fsp3) is 0.185. The average Bonchev–Trinajstić information content (AvgIpc) is 3.07. The summed E-state index contributed by atoms with van der Waals surface area (Å²) in [4.78, 5) is 30.3. The molecule has 6 heteroatoms. The second-order valence-corrected chi connectivity index (χ2v) is 7.98. The molecule has 1 aliphatic heterocycles. The summed E-state index contributed by atoms with van der Waals surface area (Å²) in [7, 11) is 3.84. The quantitative estimate of drug-likeness (QED) is 0.502. The lowest BCUT2D eigenvalue weighted by Gasteiger charge is -2.19. The monoisotopic (exact) mass is 441 g/mol. The lowest BCUT2D eigenvalue weighted by Crippen LogP contribution is -2.32. The van der Waals surface area contributed by atoms with Gasteiger partial charge in [-0.05, 0) is 42.3 Å². The van der Waals surface area contributed by atoms with Crippen molar-refractivity contribution < 1.29 is 14.3 Å². The lowest BCUT2D eigenvalue weighted by molar-refractivity contribution is -0.120. The van der Waals surface area contributed by atoms with E-state index < -0.39 is 5.91 Å². The molecule has 3 aromatic rings. The number of benzene rings is 3. The maximum Gasteiger partial charge on any atom is 0.282 e. The van der Waals surface area contributed by atoms with Crippen LogP contribution in [-0.2, 0) is 9.59 Å². The zero-order valence-electron chi connectivity index (χ0n) is 19.0. The number of rotatable bonds is 8. The number of carbonyl (C=O) groups is 2. The Morgan fingerprint density at radius 3 is 2.36 bits per heavy atom. The Bertz CT molecular complexity index is 1200. The molecule has 0 fully saturated rings. The van der Waals surface area contributed by atoms with E-state index in [4.69, 9.17) is 4.74 Å². The second-order valence-electron chi connectivity index (χ2n) is 7.98. The average molecular weight is 442 g/mol. The van der Waals surface area contributed by atoms with E-state index in [-0.39, 0.29) is 11.6 Å². The highest BCUT2D eigenvalue weighted by Gasteiger charge is 2.40. The minimum atomic E-state index is -0.394. The number of nitrogens with zero attached hydrogens (tertiary/aromatic N) is 2. The Hall–Kier alpha value is -4.06. The summed E-state index contributed by atoms with van der Waals surface area (Å²) in [5.41, 5.74) is 3.38. The number of hydrogen-bond donors (Lipinski definition) is 1. The van der Waals surface area contributed by atoms with Crippen LogP contribution in [0.1, 0.15) is 18.9 Å². The molecule has 1 heterocycles. The molecule has 33 heavy (non-hydrogen) atoms. The number of amides is 2. The van der Waals surface area contributed by atoms with Gasteiger partial charge in [0.25, 0.3) is 11.8 Å². The Morgan fingerprint density at radius 1 is 0.879 bits per heavy atom. The molecule has 0 atom stereocenters. The third-order valence-corrected chi connectivity index (χ3v) is 5.33. The van der Waals surface area contributed by atoms with Crippen molar-refractivity contribution in [1.82, 2.24) is 0 Å². The molecule has 6 nitrogen and oxygen atoms in total. The Balaban J connectivity index is 1.75. The van der Waals surface area contributed by atoms with Gasteiger partial charge in [0.1, 0.15) is 11.4 Å². The van der Waals surface area contributed by atoms with Crippen LogP contribution in [0.4, 0.5) is 17.1 Å². The van der Waals surface area contributed by atoms with E-state index in [0.717, 1.165) is 12.1 Å². The van der Waals surface area contributed by atoms with Crippen molar-refractivity contribution >= 4 is 34.4 Å². The fourth-order valence-corrected chi connectivity index (χ4v) is 3.69. The summed E-state index contributed by atoms with van der Waals surface area (Å²) in [5, 5.41) is 3.20. The molecule has 1 N–H and O–H groups in total. The van der Waals surface area contributed by atoms with Crippen LogP contribution in [0, 0.1) is 0 Å². The van der Waals surface area contributed by atoms with Crippen molar-refractivity contribution in [2.24, 2.45) is 0 Å². The van der Waals surface area contributed by atoms with Crippen molar-refractivity contribution in [2.75, 3.05) is 35.8 Å². The molecule has 0 spiro atoms. The standard InChI is InChI=1S/C27H27N3O3/c1-4-16-33-23-15-8-12-20(17-23)28-25-24(19-10-6-5-7-11-19)26(31)30(27(25)32)22-14-9-13-21(18-22)29(2)3/h5-15,17-18,28H,4,16H2,1-3H3. The van der Waals surface area contributed by atoms with Crippen molar-refractivity contribution in [3.63, 3.8) is 0 Å². The molecular weight excluding hydrogens is 414 g/mol. The van der Waals surface area contributed by atoms with Gasteiger partial charge in [0.05, 0.1) is 17.9 Å². The molecule has 0 aromatic heterocycles. The van der Waals surface area contributed by atoms with Crippen LogP contribution in [-0.4, -0.2) is 32.5 Å². The lowest BCUT2D eigenvalue weighted by atomic mass is 10.0. The molecule has 0 aliphatic carbocycles. The van der Waals surface area contributed by atoms with Crippen LogP contribution < -0.4 is 19.9 Å². The first-order chi connectivity index (χ1) is 16.0. The highest BCUT2D eigenvalue weighted by atomic mass is 16.5. The maximum atomic E-state index is 13.6. The van der Waals surface area contributed by atoms with E-state index in [0.29, 0.717) is 34.9 Å². The van der Waals surface area contributed by atoms with Gasteiger partial charge >= 0.3 is 0 Å². The van der Waals surface area contributed by atoms with E-state index in [9.17, 15) is 9.59 Å². The van der Waals surface area contributed by atoms with Crippen LogP contribution >= 0.6 is 0 Å². The van der Waals surface area contributed by atoms with Gasteiger partial charge in [0, 0.05) is 31.5 Å². The van der Waals surface area contributed by atoms with Gasteiger partial charge in [0.15, 0.2) is 0 Å². The van der Waals surface area contributed by atoms with Crippen molar-refractivity contribution in [1.29, 1.82) is 0 Å². The minimum absolute atomic E-state index is 0.245. The first-order valence-corrected chi connectivity index (χ1v) is 11.0. The third-order valence-electron chi connectivity index (χ3n) is 5.33. The molecule has 168 valence electrons. The molecular formula is C27H27N3O3. The first-order valence-electron chi connectivity index (χ1n) is 11.0. The van der Waals surface area contributed by atoms with Gasteiger partial charge in [-0.1, -0.05) is 49.4 Å². The number of carbonyl (C=O) groups excluding carboxylic acids is 2. The van der Waals surface area contributed by atoms with E-state index in [1.54, 1.807) is 6.07 Å². The van der Waals surface area contributed by atoms with Gasteiger partial charge in [-0.2, -0.15) is 0 Å². The third kappa shape index (κ3) is 4.60. The Labute approximate surface area is 194 Å². The van der Waals surface area contributed by atoms with Crippen LogP contribution in [0.3, 0.4) is 0 Å². The predicted molar refractivity (Wildman–Crippen MR) is 132 cm³/mol. The highest BCUT2D eigenvalue weighted by molar-refractivity contribution is 6.46. The van der Waals surface area contributed by atoms with E-state index in [1.165, 1.54) is 4.90 Å². The van der Waals surface area contributed by atoms with Gasteiger partial charge < -0.3 is 15.0 Å².